The molecule has 1 saturated heterocycles. The Labute approximate surface area is 68.8 Å². The van der Waals surface area contributed by atoms with Crippen molar-refractivity contribution in [2.75, 3.05) is 7.05 Å². The lowest BCUT2D eigenvalue weighted by Gasteiger charge is -2.35. The highest BCUT2D eigenvalue weighted by Gasteiger charge is 2.49. The number of nitrogens with zero attached hydrogens (tertiary/aromatic N) is 1. The minimum atomic E-state index is -0.140. The van der Waals surface area contributed by atoms with E-state index in [9.17, 15) is 0 Å². The Hall–Kier alpha value is -0.660. The maximum Gasteiger partial charge on any atom is 0.182 e. The Bertz CT molecular complexity index is 194. The van der Waals surface area contributed by atoms with Crippen LogP contribution in [0.25, 0.3) is 0 Å². The summed E-state index contributed by atoms with van der Waals surface area (Å²) in [6, 6.07) is 0. The molecule has 0 aromatic carbocycles. The molecular weight excluding hydrogens is 138 g/mol. The van der Waals surface area contributed by atoms with Crippen LogP contribution in [0.15, 0.2) is 12.5 Å². The molecule has 0 atom stereocenters. The van der Waals surface area contributed by atoms with Crippen molar-refractivity contribution in [3.63, 3.8) is 0 Å². The van der Waals surface area contributed by atoms with Crippen molar-refractivity contribution in [3.8, 4) is 0 Å². The van der Waals surface area contributed by atoms with E-state index >= 15 is 0 Å². The molecule has 0 N–H and O–H groups in total. The van der Waals surface area contributed by atoms with Gasteiger partial charge in [0.15, 0.2) is 5.88 Å². The van der Waals surface area contributed by atoms with Gasteiger partial charge < -0.3 is 9.64 Å². The van der Waals surface area contributed by atoms with E-state index in [0.29, 0.717) is 0 Å². The monoisotopic (exact) mass is 155 g/mol. The summed E-state index contributed by atoms with van der Waals surface area (Å²) in [6.45, 7) is 12.3. The summed E-state index contributed by atoms with van der Waals surface area (Å²) in [5.74, 6) is 0.764. The van der Waals surface area contributed by atoms with Gasteiger partial charge in [0.05, 0.1) is 5.54 Å². The van der Waals surface area contributed by atoms with Gasteiger partial charge >= 0.3 is 0 Å². The first-order chi connectivity index (χ1) is 4.79. The largest absolute Gasteiger partial charge is 0.471 e. The van der Waals surface area contributed by atoms with Crippen LogP contribution in [0.3, 0.4) is 0 Å². The van der Waals surface area contributed by atoms with Gasteiger partial charge in [-0.3, -0.25) is 0 Å². The molecule has 0 spiro atoms. The average molecular weight is 155 g/mol. The Morgan fingerprint density at radius 2 is 1.73 bits per heavy atom. The fourth-order valence-electron chi connectivity index (χ4n) is 1.20. The molecule has 0 aromatic heterocycles. The SMILES string of the molecule is C=C1OC(C)(C)C(C)(C)N1C. The Morgan fingerprint density at radius 3 is 1.82 bits per heavy atom. The average Bonchev–Trinajstić information content (AvgIpc) is 1.93. The lowest BCUT2D eigenvalue weighted by molar-refractivity contribution is 0.0325. The first kappa shape index (κ1) is 8.44. The normalized spacial score (nSPS) is 27.0. The highest BCUT2D eigenvalue weighted by molar-refractivity contribution is 5.09. The number of hydrogen-bond acceptors (Lipinski definition) is 2. The smallest absolute Gasteiger partial charge is 0.182 e. The molecule has 11 heavy (non-hydrogen) atoms. The van der Waals surface area contributed by atoms with Gasteiger partial charge in [0.1, 0.15) is 5.60 Å². The molecular formula is C9H17NO. The van der Waals surface area contributed by atoms with Crippen molar-refractivity contribution < 1.29 is 4.74 Å². The van der Waals surface area contributed by atoms with E-state index in [1.165, 1.54) is 0 Å². The van der Waals surface area contributed by atoms with Crippen molar-refractivity contribution in [3.05, 3.63) is 12.5 Å². The summed E-state index contributed by atoms with van der Waals surface area (Å²) in [5.41, 5.74) is -0.108. The van der Waals surface area contributed by atoms with Crippen molar-refractivity contribution in [1.82, 2.24) is 4.90 Å². The maximum atomic E-state index is 5.61. The Morgan fingerprint density at radius 1 is 1.27 bits per heavy atom. The van der Waals surface area contributed by atoms with Crippen LogP contribution in [0.4, 0.5) is 0 Å². The molecule has 64 valence electrons. The van der Waals surface area contributed by atoms with E-state index in [2.05, 4.69) is 39.2 Å². The summed E-state index contributed by atoms with van der Waals surface area (Å²) in [4.78, 5) is 2.08. The molecule has 2 heteroatoms. The van der Waals surface area contributed by atoms with Gasteiger partial charge in [0.2, 0.25) is 0 Å². The molecule has 0 aromatic rings. The van der Waals surface area contributed by atoms with Crippen LogP contribution in [-0.4, -0.2) is 23.1 Å². The number of rotatable bonds is 0. The Balaban J connectivity index is 3.01. The molecule has 0 amide bonds. The third kappa shape index (κ3) is 0.924. The first-order valence-electron chi connectivity index (χ1n) is 3.91. The first-order valence-corrected chi connectivity index (χ1v) is 3.91. The van der Waals surface area contributed by atoms with Crippen LogP contribution in [0.5, 0.6) is 0 Å². The van der Waals surface area contributed by atoms with Crippen LogP contribution in [0, 0.1) is 0 Å². The van der Waals surface area contributed by atoms with E-state index in [1.807, 2.05) is 7.05 Å². The summed E-state index contributed by atoms with van der Waals surface area (Å²) in [5, 5.41) is 0. The molecule has 1 rings (SSSR count). The number of hydrogen-bond donors (Lipinski definition) is 0. The number of ether oxygens (including phenoxy) is 1. The number of likely N-dealkylation sites (N-methyl/N-ethyl adjacent to an activating group) is 1. The van der Waals surface area contributed by atoms with Gasteiger partial charge in [-0.25, -0.2) is 0 Å². The van der Waals surface area contributed by atoms with E-state index in [0.717, 1.165) is 5.88 Å². The topological polar surface area (TPSA) is 12.5 Å². The second kappa shape index (κ2) is 1.93. The van der Waals surface area contributed by atoms with Gasteiger partial charge in [0.25, 0.3) is 0 Å². The fraction of sp³-hybridized carbons (Fsp3) is 0.778. The van der Waals surface area contributed by atoms with E-state index in [1.54, 1.807) is 0 Å². The zero-order valence-corrected chi connectivity index (χ0v) is 8.06. The van der Waals surface area contributed by atoms with Crippen molar-refractivity contribution in [1.29, 1.82) is 0 Å². The standard InChI is InChI=1S/C9H17NO/c1-7-10(6)8(2,3)9(4,5)11-7/h1H2,2-6H3. The van der Waals surface area contributed by atoms with Gasteiger partial charge in [-0.1, -0.05) is 0 Å². The van der Waals surface area contributed by atoms with Crippen molar-refractivity contribution in [2.24, 2.45) is 0 Å². The fourth-order valence-corrected chi connectivity index (χ4v) is 1.20. The summed E-state index contributed by atoms with van der Waals surface area (Å²) in [6.07, 6.45) is 0. The Kier molecular flexibility index (Phi) is 1.48. The molecule has 1 aliphatic rings. The molecule has 1 aliphatic heterocycles. The molecule has 1 fully saturated rings. The lowest BCUT2D eigenvalue weighted by atomic mass is 9.86. The minimum Gasteiger partial charge on any atom is -0.471 e. The zero-order valence-electron chi connectivity index (χ0n) is 8.06. The zero-order chi connectivity index (χ0) is 8.86. The summed E-state index contributed by atoms with van der Waals surface area (Å²) < 4.78 is 5.61. The van der Waals surface area contributed by atoms with E-state index in [4.69, 9.17) is 4.74 Å². The predicted molar refractivity (Wildman–Crippen MR) is 46.1 cm³/mol. The highest BCUT2D eigenvalue weighted by atomic mass is 16.5. The summed E-state index contributed by atoms with van der Waals surface area (Å²) >= 11 is 0. The van der Waals surface area contributed by atoms with Gasteiger partial charge in [-0.05, 0) is 34.3 Å². The maximum absolute atomic E-state index is 5.61. The lowest BCUT2D eigenvalue weighted by Crippen LogP contribution is -2.48. The second-order valence-electron chi connectivity index (χ2n) is 4.12. The summed E-state index contributed by atoms with van der Waals surface area (Å²) in [7, 11) is 2.01. The van der Waals surface area contributed by atoms with Crippen LogP contribution in [0.2, 0.25) is 0 Å². The predicted octanol–water partition coefficient (Wildman–Crippen LogP) is 1.98. The third-order valence-corrected chi connectivity index (χ3v) is 3.06. The van der Waals surface area contributed by atoms with Crippen LogP contribution < -0.4 is 0 Å². The molecule has 0 radical (unpaired) electrons. The molecule has 2 nitrogen and oxygen atoms in total. The molecule has 0 aliphatic carbocycles. The third-order valence-electron chi connectivity index (χ3n) is 3.06. The molecule has 0 saturated carbocycles. The van der Waals surface area contributed by atoms with Crippen LogP contribution >= 0.6 is 0 Å². The minimum absolute atomic E-state index is 0.0318. The quantitative estimate of drug-likeness (QED) is 0.530. The van der Waals surface area contributed by atoms with Gasteiger partial charge in [0, 0.05) is 7.05 Å². The van der Waals surface area contributed by atoms with Crippen LogP contribution in [0.1, 0.15) is 27.7 Å². The van der Waals surface area contributed by atoms with Crippen molar-refractivity contribution >= 4 is 0 Å². The van der Waals surface area contributed by atoms with Crippen molar-refractivity contribution in [2.45, 2.75) is 38.8 Å². The van der Waals surface area contributed by atoms with Crippen LogP contribution in [-0.2, 0) is 4.74 Å². The molecule has 1 heterocycles. The van der Waals surface area contributed by atoms with Gasteiger partial charge in [-0.2, -0.15) is 0 Å². The highest BCUT2D eigenvalue weighted by Crippen LogP contribution is 2.40. The van der Waals surface area contributed by atoms with Gasteiger partial charge in [-0.15, -0.1) is 0 Å². The van der Waals surface area contributed by atoms with E-state index in [-0.39, 0.29) is 11.1 Å². The van der Waals surface area contributed by atoms with E-state index < -0.39 is 0 Å². The second-order valence-corrected chi connectivity index (χ2v) is 4.12. The molecule has 0 bridgehead atoms. The molecule has 0 unspecified atom stereocenters.